The number of aliphatic imine (C=N–C) groups is 1. The predicted molar refractivity (Wildman–Crippen MR) is 116 cm³/mol. The van der Waals surface area contributed by atoms with Gasteiger partial charge in [-0.3, -0.25) is 0 Å². The molecule has 0 bridgehead atoms. The highest BCUT2D eigenvalue weighted by atomic mass is 32.1. The average Bonchev–Trinajstić information content (AvgIpc) is 3.33. The molecule has 2 aromatic heterocycles. The topological polar surface area (TPSA) is 67.1 Å². The first-order chi connectivity index (χ1) is 13.7. The number of guanidine groups is 1. The van der Waals surface area contributed by atoms with E-state index in [1.54, 1.807) is 11.3 Å². The quantitative estimate of drug-likeness (QED) is 0.452. The molecule has 148 valence electrons. The molecule has 2 heterocycles. The zero-order valence-corrected chi connectivity index (χ0v) is 17.6. The molecule has 0 fully saturated rings. The van der Waals surface area contributed by atoms with Gasteiger partial charge in [0.15, 0.2) is 5.96 Å². The number of thiazole rings is 1. The van der Waals surface area contributed by atoms with Crippen LogP contribution in [0.2, 0.25) is 0 Å². The van der Waals surface area contributed by atoms with Crippen LogP contribution < -0.4 is 10.6 Å². The Bertz CT molecular complexity index is 911. The lowest BCUT2D eigenvalue weighted by Gasteiger charge is -2.11. The van der Waals surface area contributed by atoms with E-state index in [4.69, 9.17) is 4.99 Å². The molecule has 0 atom stereocenters. The molecule has 28 heavy (non-hydrogen) atoms. The number of aryl methyl sites for hydroxylation is 2. The molecule has 3 rings (SSSR count). The fourth-order valence-electron chi connectivity index (χ4n) is 2.86. The first-order valence-electron chi connectivity index (χ1n) is 9.69. The summed E-state index contributed by atoms with van der Waals surface area (Å²) in [5, 5.41) is 7.77. The Morgan fingerprint density at radius 2 is 2.04 bits per heavy atom. The second kappa shape index (κ2) is 10.0. The summed E-state index contributed by atoms with van der Waals surface area (Å²) in [5.74, 6) is 1.84. The summed E-state index contributed by atoms with van der Waals surface area (Å²) in [7, 11) is 0. The van der Waals surface area contributed by atoms with Crippen molar-refractivity contribution in [2.75, 3.05) is 6.54 Å². The van der Waals surface area contributed by atoms with Crippen LogP contribution in [0.1, 0.15) is 40.7 Å². The highest BCUT2D eigenvalue weighted by Crippen LogP contribution is 2.13. The molecule has 2 N–H and O–H groups in total. The number of imidazole rings is 1. The molecule has 7 heteroatoms. The number of benzene rings is 1. The third-order valence-corrected chi connectivity index (χ3v) is 5.53. The summed E-state index contributed by atoms with van der Waals surface area (Å²) >= 11 is 1.75. The highest BCUT2D eigenvalue weighted by Gasteiger charge is 2.04. The minimum atomic E-state index is 0.629. The molecular formula is C21H28N6S. The van der Waals surface area contributed by atoms with Gasteiger partial charge in [0.25, 0.3) is 0 Å². The van der Waals surface area contributed by atoms with Crippen molar-refractivity contribution in [1.82, 2.24) is 25.2 Å². The number of nitrogens with zero attached hydrogens (tertiary/aromatic N) is 4. The average molecular weight is 397 g/mol. The van der Waals surface area contributed by atoms with E-state index in [1.807, 2.05) is 25.5 Å². The van der Waals surface area contributed by atoms with Crippen LogP contribution in [-0.4, -0.2) is 27.0 Å². The maximum absolute atomic E-state index is 4.73. The van der Waals surface area contributed by atoms with Gasteiger partial charge in [0.2, 0.25) is 0 Å². The predicted octanol–water partition coefficient (Wildman–Crippen LogP) is 3.51. The molecule has 0 radical (unpaired) electrons. The fourth-order valence-corrected chi connectivity index (χ4v) is 3.66. The van der Waals surface area contributed by atoms with Gasteiger partial charge in [-0.25, -0.2) is 15.0 Å². The van der Waals surface area contributed by atoms with Crippen LogP contribution in [0.4, 0.5) is 0 Å². The normalized spacial score (nSPS) is 11.6. The zero-order valence-electron chi connectivity index (χ0n) is 16.8. The van der Waals surface area contributed by atoms with Crippen molar-refractivity contribution >= 4 is 17.3 Å². The van der Waals surface area contributed by atoms with Crippen molar-refractivity contribution in [3.63, 3.8) is 0 Å². The minimum absolute atomic E-state index is 0.629. The van der Waals surface area contributed by atoms with E-state index < -0.39 is 0 Å². The lowest BCUT2D eigenvalue weighted by molar-refractivity contribution is 0.760. The van der Waals surface area contributed by atoms with Crippen LogP contribution in [0.25, 0.3) is 0 Å². The van der Waals surface area contributed by atoms with Crippen LogP contribution in [-0.2, 0) is 26.1 Å². The lowest BCUT2D eigenvalue weighted by Crippen LogP contribution is -2.36. The second-order valence-electron chi connectivity index (χ2n) is 6.54. The Labute approximate surface area is 170 Å². The Balaban J connectivity index is 1.61. The molecule has 3 aromatic rings. The Morgan fingerprint density at radius 3 is 2.75 bits per heavy atom. The number of hydrogen-bond donors (Lipinski definition) is 2. The molecule has 0 aliphatic carbocycles. The fraction of sp³-hybridized carbons (Fsp3) is 0.381. The van der Waals surface area contributed by atoms with Crippen LogP contribution in [0, 0.1) is 6.92 Å². The molecular weight excluding hydrogens is 368 g/mol. The van der Waals surface area contributed by atoms with E-state index in [1.165, 1.54) is 16.0 Å². The van der Waals surface area contributed by atoms with Gasteiger partial charge in [-0.1, -0.05) is 31.2 Å². The molecule has 6 nitrogen and oxygen atoms in total. The standard InChI is InChI=1S/C21H28N6S/c1-4-19-13-24-20(28-19)14-26-21(22-5-2)25-12-17-7-6-8-18(11-17)15-27-10-9-23-16(27)3/h6-11,13H,4-5,12,14-15H2,1-3H3,(H2,22,25,26). The number of aromatic nitrogens is 3. The number of rotatable bonds is 8. The van der Waals surface area contributed by atoms with E-state index in [2.05, 4.69) is 63.3 Å². The van der Waals surface area contributed by atoms with Crippen LogP contribution in [0.5, 0.6) is 0 Å². The maximum Gasteiger partial charge on any atom is 0.191 e. The largest absolute Gasteiger partial charge is 0.357 e. The third-order valence-electron chi connectivity index (χ3n) is 4.39. The Hall–Kier alpha value is -2.67. The van der Waals surface area contributed by atoms with Gasteiger partial charge in [0.05, 0.1) is 13.1 Å². The van der Waals surface area contributed by atoms with Gasteiger partial charge < -0.3 is 15.2 Å². The van der Waals surface area contributed by atoms with Crippen LogP contribution in [0.15, 0.2) is 47.8 Å². The molecule has 0 unspecified atom stereocenters. The summed E-state index contributed by atoms with van der Waals surface area (Å²) < 4.78 is 2.15. The van der Waals surface area contributed by atoms with Crippen LogP contribution in [0.3, 0.4) is 0 Å². The second-order valence-corrected chi connectivity index (χ2v) is 7.74. The molecule has 0 saturated heterocycles. The number of hydrogen-bond acceptors (Lipinski definition) is 4. The first-order valence-corrected chi connectivity index (χ1v) is 10.5. The monoisotopic (exact) mass is 396 g/mol. The molecule has 0 aliphatic rings. The van der Waals surface area contributed by atoms with E-state index in [0.29, 0.717) is 13.1 Å². The molecule has 0 saturated carbocycles. The van der Waals surface area contributed by atoms with E-state index >= 15 is 0 Å². The lowest BCUT2D eigenvalue weighted by atomic mass is 10.1. The van der Waals surface area contributed by atoms with Gasteiger partial charge in [-0.15, -0.1) is 11.3 Å². The summed E-state index contributed by atoms with van der Waals surface area (Å²) in [6.07, 6.45) is 6.83. The van der Waals surface area contributed by atoms with E-state index in [9.17, 15) is 0 Å². The van der Waals surface area contributed by atoms with Crippen molar-refractivity contribution in [1.29, 1.82) is 0 Å². The smallest absolute Gasteiger partial charge is 0.191 e. The van der Waals surface area contributed by atoms with Gasteiger partial charge >= 0.3 is 0 Å². The van der Waals surface area contributed by atoms with Crippen molar-refractivity contribution in [3.05, 3.63) is 69.7 Å². The summed E-state index contributed by atoms with van der Waals surface area (Å²) in [6.45, 7) is 9.22. The summed E-state index contributed by atoms with van der Waals surface area (Å²) in [5.41, 5.74) is 2.44. The first kappa shape index (κ1) is 20.1. The van der Waals surface area contributed by atoms with E-state index in [0.717, 1.165) is 36.3 Å². The molecule has 1 aromatic carbocycles. The minimum Gasteiger partial charge on any atom is -0.357 e. The van der Waals surface area contributed by atoms with Gasteiger partial charge in [-0.05, 0) is 31.4 Å². The highest BCUT2D eigenvalue weighted by molar-refractivity contribution is 7.11. The molecule has 0 aliphatic heterocycles. The summed E-state index contributed by atoms with van der Waals surface area (Å²) in [6, 6.07) is 8.56. The SMILES string of the molecule is CCNC(=NCc1cccc(Cn2ccnc2C)c1)NCc1ncc(CC)s1. The van der Waals surface area contributed by atoms with Gasteiger partial charge in [0.1, 0.15) is 10.8 Å². The van der Waals surface area contributed by atoms with Crippen molar-refractivity contribution in [3.8, 4) is 0 Å². The summed E-state index contributed by atoms with van der Waals surface area (Å²) in [4.78, 5) is 14.8. The van der Waals surface area contributed by atoms with Gasteiger partial charge in [0, 0.05) is 36.6 Å². The maximum atomic E-state index is 4.73. The number of nitrogens with one attached hydrogen (secondary N) is 2. The van der Waals surface area contributed by atoms with Crippen molar-refractivity contribution < 1.29 is 0 Å². The van der Waals surface area contributed by atoms with Crippen molar-refractivity contribution in [2.45, 2.75) is 46.8 Å². The van der Waals surface area contributed by atoms with Gasteiger partial charge in [-0.2, -0.15) is 0 Å². The zero-order chi connectivity index (χ0) is 19.8. The molecule has 0 amide bonds. The molecule has 0 spiro atoms. The Morgan fingerprint density at radius 1 is 1.18 bits per heavy atom. The third kappa shape index (κ3) is 5.66. The van der Waals surface area contributed by atoms with E-state index in [-0.39, 0.29) is 0 Å². The Kier molecular flexibility index (Phi) is 7.19. The van der Waals surface area contributed by atoms with Crippen molar-refractivity contribution in [2.24, 2.45) is 4.99 Å². The van der Waals surface area contributed by atoms with Crippen LogP contribution >= 0.6 is 11.3 Å².